The number of amidine groups is 1. The number of hydrogen-bond donors (Lipinski definition) is 2. The molecule has 18 heavy (non-hydrogen) atoms. The van der Waals surface area contributed by atoms with Crippen LogP contribution in [0.15, 0.2) is 29.3 Å². The Labute approximate surface area is 108 Å². The number of benzene rings is 1. The van der Waals surface area contributed by atoms with Crippen molar-refractivity contribution < 1.29 is 4.79 Å². The molecule has 1 rings (SSSR count). The quantitative estimate of drug-likeness (QED) is 0.630. The fourth-order valence-corrected chi connectivity index (χ4v) is 1.16. The van der Waals surface area contributed by atoms with Crippen molar-refractivity contribution in [2.45, 2.75) is 19.9 Å². The second kappa shape index (κ2) is 6.16. The first kappa shape index (κ1) is 14.2. The Balaban J connectivity index is 2.75. The summed E-state index contributed by atoms with van der Waals surface area (Å²) in [5.41, 5.74) is 7.04. The summed E-state index contributed by atoms with van der Waals surface area (Å²) in [4.78, 5) is 17.7. The minimum atomic E-state index is -0.515. The first-order valence-electron chi connectivity index (χ1n) is 5.79. The van der Waals surface area contributed by atoms with Crippen molar-refractivity contribution in [3.05, 3.63) is 24.3 Å². The molecule has 0 unspecified atom stereocenters. The molecule has 0 aliphatic rings. The Morgan fingerprint density at radius 3 is 2.33 bits per heavy atom. The fraction of sp³-hybridized carbons (Fsp3) is 0.385. The van der Waals surface area contributed by atoms with Crippen molar-refractivity contribution in [2.24, 2.45) is 10.7 Å². The number of hydrogen-bond acceptors (Lipinski definition) is 3. The molecule has 5 nitrogen and oxygen atoms in total. The summed E-state index contributed by atoms with van der Waals surface area (Å²) in [7, 11) is 3.88. The molecule has 98 valence electrons. The standard InChI is InChI=1S/C13H20N4O/c1-9(14)13(18)16-12-7-5-11(6-8-12)15-10(2)17(3)4/h5-9H,14H2,1-4H3,(H,16,18)/b15-10+/t9-/m1/s1. The van der Waals surface area contributed by atoms with Gasteiger partial charge in [-0.1, -0.05) is 0 Å². The minimum absolute atomic E-state index is 0.198. The van der Waals surface area contributed by atoms with Crippen LogP contribution in [-0.4, -0.2) is 36.8 Å². The van der Waals surface area contributed by atoms with E-state index < -0.39 is 6.04 Å². The number of carbonyl (C=O) groups excluding carboxylic acids is 1. The normalized spacial score (nSPS) is 13.1. The van der Waals surface area contributed by atoms with E-state index in [4.69, 9.17) is 5.73 Å². The van der Waals surface area contributed by atoms with Gasteiger partial charge >= 0.3 is 0 Å². The third-order valence-corrected chi connectivity index (χ3v) is 2.49. The van der Waals surface area contributed by atoms with Crippen LogP contribution in [0.2, 0.25) is 0 Å². The van der Waals surface area contributed by atoms with Gasteiger partial charge in [0.2, 0.25) is 5.91 Å². The highest BCUT2D eigenvalue weighted by Gasteiger charge is 2.06. The predicted octanol–water partition coefficient (Wildman–Crippen LogP) is 1.58. The molecule has 0 bridgehead atoms. The van der Waals surface area contributed by atoms with Crippen LogP contribution in [0.3, 0.4) is 0 Å². The molecule has 0 saturated heterocycles. The molecular weight excluding hydrogens is 228 g/mol. The molecule has 1 atom stereocenters. The van der Waals surface area contributed by atoms with E-state index in [1.54, 1.807) is 6.92 Å². The molecule has 0 heterocycles. The van der Waals surface area contributed by atoms with E-state index in [0.717, 1.165) is 17.2 Å². The van der Waals surface area contributed by atoms with Gasteiger partial charge in [-0.2, -0.15) is 0 Å². The second-order valence-electron chi connectivity index (χ2n) is 4.38. The molecule has 0 aliphatic heterocycles. The van der Waals surface area contributed by atoms with Crippen LogP contribution < -0.4 is 11.1 Å². The third-order valence-electron chi connectivity index (χ3n) is 2.49. The molecule has 1 amide bonds. The van der Waals surface area contributed by atoms with Crippen LogP contribution in [0.25, 0.3) is 0 Å². The van der Waals surface area contributed by atoms with Crippen molar-refractivity contribution >= 4 is 23.1 Å². The second-order valence-corrected chi connectivity index (χ2v) is 4.38. The predicted molar refractivity (Wildman–Crippen MR) is 75.2 cm³/mol. The van der Waals surface area contributed by atoms with E-state index in [2.05, 4.69) is 10.3 Å². The Morgan fingerprint density at radius 2 is 1.89 bits per heavy atom. The fourth-order valence-electron chi connectivity index (χ4n) is 1.16. The average Bonchev–Trinajstić information content (AvgIpc) is 2.31. The van der Waals surface area contributed by atoms with E-state index in [1.807, 2.05) is 50.2 Å². The summed E-state index contributed by atoms with van der Waals surface area (Å²) in [6, 6.07) is 6.80. The highest BCUT2D eigenvalue weighted by Crippen LogP contribution is 2.16. The van der Waals surface area contributed by atoms with Crippen LogP contribution >= 0.6 is 0 Å². The number of nitrogens with zero attached hydrogens (tertiary/aromatic N) is 2. The number of anilines is 1. The number of nitrogens with one attached hydrogen (secondary N) is 1. The zero-order valence-corrected chi connectivity index (χ0v) is 11.3. The molecule has 1 aromatic rings. The van der Waals surface area contributed by atoms with E-state index in [0.29, 0.717) is 0 Å². The number of rotatable bonds is 3. The van der Waals surface area contributed by atoms with Gasteiger partial charge in [0.1, 0.15) is 5.84 Å². The average molecular weight is 248 g/mol. The summed E-state index contributed by atoms with van der Waals surface area (Å²) in [6.07, 6.45) is 0. The van der Waals surface area contributed by atoms with Crippen molar-refractivity contribution in [3.63, 3.8) is 0 Å². The lowest BCUT2D eigenvalue weighted by Gasteiger charge is -2.11. The summed E-state index contributed by atoms with van der Waals surface area (Å²) in [6.45, 7) is 3.58. The molecule has 0 fully saturated rings. The minimum Gasteiger partial charge on any atom is -0.366 e. The van der Waals surface area contributed by atoms with Gasteiger partial charge in [0.05, 0.1) is 11.7 Å². The largest absolute Gasteiger partial charge is 0.366 e. The molecule has 5 heteroatoms. The summed E-state index contributed by atoms with van der Waals surface area (Å²) < 4.78 is 0. The van der Waals surface area contributed by atoms with E-state index in [1.165, 1.54) is 0 Å². The van der Waals surface area contributed by atoms with E-state index in [-0.39, 0.29) is 5.91 Å². The van der Waals surface area contributed by atoms with E-state index in [9.17, 15) is 4.79 Å². The summed E-state index contributed by atoms with van der Waals surface area (Å²) in [5, 5.41) is 2.72. The van der Waals surface area contributed by atoms with Gasteiger partial charge in [0.15, 0.2) is 0 Å². The Bertz CT molecular complexity index is 435. The van der Waals surface area contributed by atoms with Gasteiger partial charge < -0.3 is 16.0 Å². The molecule has 0 aliphatic carbocycles. The smallest absolute Gasteiger partial charge is 0.240 e. The van der Waals surface area contributed by atoms with Gasteiger partial charge in [-0.3, -0.25) is 4.79 Å². The molecule has 0 saturated carbocycles. The number of amides is 1. The van der Waals surface area contributed by atoms with Gasteiger partial charge in [-0.15, -0.1) is 0 Å². The molecular formula is C13H20N4O. The number of nitrogens with two attached hydrogens (primary N) is 1. The lowest BCUT2D eigenvalue weighted by Crippen LogP contribution is -2.32. The Kier molecular flexibility index (Phi) is 4.85. The Morgan fingerprint density at radius 1 is 1.33 bits per heavy atom. The zero-order valence-electron chi connectivity index (χ0n) is 11.3. The van der Waals surface area contributed by atoms with Crippen molar-refractivity contribution in [3.8, 4) is 0 Å². The highest BCUT2D eigenvalue weighted by molar-refractivity contribution is 5.94. The summed E-state index contributed by atoms with van der Waals surface area (Å²) >= 11 is 0. The van der Waals surface area contributed by atoms with E-state index >= 15 is 0 Å². The van der Waals surface area contributed by atoms with Crippen molar-refractivity contribution in [1.82, 2.24) is 4.90 Å². The lowest BCUT2D eigenvalue weighted by molar-refractivity contribution is -0.117. The van der Waals surface area contributed by atoms with Crippen LogP contribution in [0.5, 0.6) is 0 Å². The van der Waals surface area contributed by atoms with Crippen molar-refractivity contribution in [2.75, 3.05) is 19.4 Å². The molecule has 0 spiro atoms. The first-order valence-corrected chi connectivity index (χ1v) is 5.79. The highest BCUT2D eigenvalue weighted by atomic mass is 16.2. The summed E-state index contributed by atoms with van der Waals surface area (Å²) in [5.74, 6) is 0.720. The third kappa shape index (κ3) is 4.18. The SMILES string of the molecule is C/C(=N\c1ccc(NC(=O)[C@@H](C)N)cc1)N(C)C. The zero-order chi connectivity index (χ0) is 13.7. The van der Waals surface area contributed by atoms with Crippen LogP contribution in [0, 0.1) is 0 Å². The van der Waals surface area contributed by atoms with Crippen LogP contribution in [-0.2, 0) is 4.79 Å². The first-order chi connectivity index (χ1) is 8.40. The van der Waals surface area contributed by atoms with Crippen LogP contribution in [0.1, 0.15) is 13.8 Å². The maximum absolute atomic E-state index is 11.4. The van der Waals surface area contributed by atoms with Gasteiger partial charge in [0, 0.05) is 19.8 Å². The number of carbonyl (C=O) groups is 1. The molecule has 1 aromatic carbocycles. The maximum atomic E-state index is 11.4. The molecule has 3 N–H and O–H groups in total. The van der Waals surface area contributed by atoms with Gasteiger partial charge in [-0.25, -0.2) is 4.99 Å². The lowest BCUT2D eigenvalue weighted by atomic mass is 10.2. The Hall–Kier alpha value is -1.88. The topological polar surface area (TPSA) is 70.7 Å². The molecule has 0 radical (unpaired) electrons. The van der Waals surface area contributed by atoms with Crippen molar-refractivity contribution in [1.29, 1.82) is 0 Å². The molecule has 0 aromatic heterocycles. The maximum Gasteiger partial charge on any atom is 0.240 e. The number of aliphatic imine (C=N–C) groups is 1. The van der Waals surface area contributed by atoms with Crippen LogP contribution in [0.4, 0.5) is 11.4 Å². The monoisotopic (exact) mass is 248 g/mol. The van der Waals surface area contributed by atoms with Gasteiger partial charge in [0.25, 0.3) is 0 Å². The van der Waals surface area contributed by atoms with Gasteiger partial charge in [-0.05, 0) is 38.1 Å².